The summed E-state index contributed by atoms with van der Waals surface area (Å²) in [6.07, 6.45) is 1.47. The highest BCUT2D eigenvalue weighted by atomic mass is 35.5. The van der Waals surface area contributed by atoms with Crippen LogP contribution in [0.5, 0.6) is 0 Å². The molecule has 1 aromatic heterocycles. The Labute approximate surface area is 119 Å². The first kappa shape index (κ1) is 14.3. The minimum Gasteiger partial charge on any atom is -0.379 e. The average Bonchev–Trinajstić information content (AvgIpc) is 2.40. The van der Waals surface area contributed by atoms with Crippen LogP contribution in [0.1, 0.15) is 5.56 Å². The molecule has 0 bridgehead atoms. The highest BCUT2D eigenvalue weighted by Crippen LogP contribution is 2.22. The van der Waals surface area contributed by atoms with Gasteiger partial charge in [-0.3, -0.25) is 9.36 Å². The number of hydrogen-bond acceptors (Lipinski definition) is 3. The Hall–Kier alpha value is -2.08. The van der Waals surface area contributed by atoms with E-state index in [4.69, 9.17) is 11.6 Å². The zero-order valence-electron chi connectivity index (χ0n) is 11.0. The number of nitrogens with zero attached hydrogens (tertiary/aromatic N) is 2. The van der Waals surface area contributed by atoms with E-state index >= 15 is 0 Å². The Morgan fingerprint density at radius 3 is 2.65 bits per heavy atom. The first-order valence-electron chi connectivity index (χ1n) is 5.84. The lowest BCUT2D eigenvalue weighted by Crippen LogP contribution is -2.38. The maximum Gasteiger partial charge on any atom is 0.330 e. The van der Waals surface area contributed by atoms with Crippen molar-refractivity contribution in [1.29, 1.82) is 0 Å². The molecular weight excluding hydrogens is 285 g/mol. The molecule has 0 saturated heterocycles. The Balaban J connectivity index is 2.28. The van der Waals surface area contributed by atoms with E-state index in [9.17, 15) is 14.0 Å². The lowest BCUT2D eigenvalue weighted by atomic mass is 10.2. The van der Waals surface area contributed by atoms with E-state index in [1.165, 1.54) is 36.0 Å². The normalized spacial score (nSPS) is 10.6. The van der Waals surface area contributed by atoms with Gasteiger partial charge >= 0.3 is 5.69 Å². The van der Waals surface area contributed by atoms with E-state index in [1.807, 2.05) is 0 Å². The van der Waals surface area contributed by atoms with Crippen LogP contribution < -0.4 is 16.6 Å². The molecule has 0 aliphatic heterocycles. The molecule has 5 nitrogen and oxygen atoms in total. The van der Waals surface area contributed by atoms with Crippen LogP contribution in [0.3, 0.4) is 0 Å². The number of halogens is 2. The highest BCUT2D eigenvalue weighted by Gasteiger charge is 2.08. The Kier molecular flexibility index (Phi) is 3.94. The van der Waals surface area contributed by atoms with Gasteiger partial charge in [0.2, 0.25) is 0 Å². The predicted molar refractivity (Wildman–Crippen MR) is 75.7 cm³/mol. The first-order valence-corrected chi connectivity index (χ1v) is 6.22. The quantitative estimate of drug-likeness (QED) is 0.934. The van der Waals surface area contributed by atoms with Crippen LogP contribution in [0.25, 0.3) is 0 Å². The van der Waals surface area contributed by atoms with Crippen molar-refractivity contribution in [2.75, 3.05) is 5.32 Å². The van der Waals surface area contributed by atoms with Crippen molar-refractivity contribution in [2.45, 2.75) is 6.54 Å². The molecule has 2 aromatic rings. The van der Waals surface area contributed by atoms with Gasteiger partial charge in [-0.15, -0.1) is 0 Å². The molecule has 1 N–H and O–H groups in total. The third-order valence-corrected chi connectivity index (χ3v) is 3.23. The van der Waals surface area contributed by atoms with Gasteiger partial charge in [0.05, 0.1) is 16.3 Å². The summed E-state index contributed by atoms with van der Waals surface area (Å²) in [6, 6.07) is 3.94. The van der Waals surface area contributed by atoms with E-state index in [-0.39, 0.29) is 17.1 Å². The molecule has 106 valence electrons. The lowest BCUT2D eigenvalue weighted by molar-refractivity contribution is 0.628. The number of nitrogens with one attached hydrogen (secondary N) is 1. The predicted octanol–water partition coefficient (Wildman–Crippen LogP) is 1.49. The first-order chi connectivity index (χ1) is 9.40. The van der Waals surface area contributed by atoms with Gasteiger partial charge in [0.25, 0.3) is 5.56 Å². The van der Waals surface area contributed by atoms with Crippen LogP contribution in [0, 0.1) is 5.82 Å². The van der Waals surface area contributed by atoms with Crippen molar-refractivity contribution in [2.24, 2.45) is 14.1 Å². The van der Waals surface area contributed by atoms with Crippen LogP contribution in [0.4, 0.5) is 10.1 Å². The van der Waals surface area contributed by atoms with Crippen molar-refractivity contribution in [3.63, 3.8) is 0 Å². The number of benzene rings is 1. The second-order valence-electron chi connectivity index (χ2n) is 4.39. The summed E-state index contributed by atoms with van der Waals surface area (Å²) in [5.41, 5.74) is 0.163. The van der Waals surface area contributed by atoms with E-state index in [1.54, 1.807) is 7.05 Å². The third-order valence-electron chi connectivity index (χ3n) is 2.92. The van der Waals surface area contributed by atoms with Crippen molar-refractivity contribution < 1.29 is 4.39 Å². The molecule has 2 rings (SSSR count). The van der Waals surface area contributed by atoms with Gasteiger partial charge in [-0.1, -0.05) is 11.6 Å². The molecule has 0 radical (unpaired) electrons. The molecule has 1 heterocycles. The molecule has 0 unspecified atom stereocenters. The maximum absolute atomic E-state index is 12.9. The topological polar surface area (TPSA) is 56.0 Å². The number of anilines is 1. The maximum atomic E-state index is 12.9. The fraction of sp³-hybridized carbons (Fsp3) is 0.231. The summed E-state index contributed by atoms with van der Waals surface area (Å²) in [4.78, 5) is 23.5. The molecule has 0 aliphatic rings. The van der Waals surface area contributed by atoms with E-state index in [0.717, 1.165) is 4.57 Å². The van der Waals surface area contributed by atoms with Crippen LogP contribution in [-0.2, 0) is 20.6 Å². The average molecular weight is 298 g/mol. The molecule has 0 saturated carbocycles. The van der Waals surface area contributed by atoms with Gasteiger partial charge in [0.1, 0.15) is 5.82 Å². The minimum absolute atomic E-state index is 0.187. The van der Waals surface area contributed by atoms with Crippen LogP contribution in [-0.4, -0.2) is 9.13 Å². The van der Waals surface area contributed by atoms with E-state index in [2.05, 4.69) is 5.32 Å². The van der Waals surface area contributed by atoms with Crippen LogP contribution in [0.2, 0.25) is 5.02 Å². The van der Waals surface area contributed by atoms with Gasteiger partial charge < -0.3 is 9.88 Å². The highest BCUT2D eigenvalue weighted by molar-refractivity contribution is 6.33. The van der Waals surface area contributed by atoms with Crippen molar-refractivity contribution in [3.05, 3.63) is 61.6 Å². The van der Waals surface area contributed by atoms with Gasteiger partial charge in [-0.2, -0.15) is 0 Å². The molecule has 1 aromatic carbocycles. The van der Waals surface area contributed by atoms with Crippen LogP contribution >= 0.6 is 11.6 Å². The fourth-order valence-electron chi connectivity index (χ4n) is 1.83. The number of aromatic nitrogens is 2. The Morgan fingerprint density at radius 1 is 1.30 bits per heavy atom. The Bertz CT molecular complexity index is 767. The SMILES string of the molecule is Cn1cc(CNc2ccc(F)cc2Cl)c(=O)n(C)c1=O. The summed E-state index contributed by atoms with van der Waals surface area (Å²) in [5.74, 6) is -0.432. The number of hydrogen-bond donors (Lipinski definition) is 1. The van der Waals surface area contributed by atoms with Gasteiger partial charge in [-0.05, 0) is 18.2 Å². The fourth-order valence-corrected chi connectivity index (χ4v) is 2.06. The van der Waals surface area contributed by atoms with Crippen LogP contribution in [0.15, 0.2) is 34.0 Å². The summed E-state index contributed by atoms with van der Waals surface area (Å²) >= 11 is 5.88. The zero-order chi connectivity index (χ0) is 14.9. The van der Waals surface area contributed by atoms with Gasteiger partial charge in [-0.25, -0.2) is 9.18 Å². The molecular formula is C13H13ClFN3O2. The molecule has 0 amide bonds. The third kappa shape index (κ3) is 2.75. The molecule has 0 spiro atoms. The molecule has 0 atom stereocenters. The summed E-state index contributed by atoms with van der Waals surface area (Å²) in [5, 5.41) is 3.17. The second-order valence-corrected chi connectivity index (χ2v) is 4.80. The van der Waals surface area contributed by atoms with Crippen molar-refractivity contribution >= 4 is 17.3 Å². The van der Waals surface area contributed by atoms with Gasteiger partial charge in [0.15, 0.2) is 0 Å². The summed E-state index contributed by atoms with van der Waals surface area (Å²) in [7, 11) is 2.98. The minimum atomic E-state index is -0.432. The molecule has 0 fully saturated rings. The number of rotatable bonds is 3. The molecule has 0 aliphatic carbocycles. The molecule has 7 heteroatoms. The molecule has 20 heavy (non-hydrogen) atoms. The van der Waals surface area contributed by atoms with E-state index < -0.39 is 11.5 Å². The standard InChI is InChI=1S/C13H13ClFN3O2/c1-17-7-8(12(19)18(2)13(17)20)6-16-11-4-3-9(15)5-10(11)14/h3-5,7,16H,6H2,1-2H3. The van der Waals surface area contributed by atoms with Crippen molar-refractivity contribution in [3.8, 4) is 0 Å². The van der Waals surface area contributed by atoms with E-state index in [0.29, 0.717) is 11.3 Å². The Morgan fingerprint density at radius 2 is 2.00 bits per heavy atom. The largest absolute Gasteiger partial charge is 0.379 e. The lowest BCUT2D eigenvalue weighted by Gasteiger charge is -2.10. The monoisotopic (exact) mass is 297 g/mol. The van der Waals surface area contributed by atoms with Gasteiger partial charge in [0, 0.05) is 26.8 Å². The second kappa shape index (κ2) is 5.50. The summed E-state index contributed by atoms with van der Waals surface area (Å²) < 4.78 is 15.3. The van der Waals surface area contributed by atoms with Crippen molar-refractivity contribution in [1.82, 2.24) is 9.13 Å². The zero-order valence-corrected chi connectivity index (χ0v) is 11.7. The smallest absolute Gasteiger partial charge is 0.330 e. The summed E-state index contributed by atoms with van der Waals surface area (Å²) in [6.45, 7) is 0.187. The number of aryl methyl sites for hydroxylation is 1.